The Balaban J connectivity index is 1.66. The highest BCUT2D eigenvalue weighted by Gasteiger charge is 2.25. The molecule has 0 unspecified atom stereocenters. The predicted octanol–water partition coefficient (Wildman–Crippen LogP) is 2.54. The minimum absolute atomic E-state index is 0.0313. The van der Waals surface area contributed by atoms with E-state index in [-0.39, 0.29) is 12.5 Å². The number of hydrogen-bond acceptors (Lipinski definition) is 3. The summed E-state index contributed by atoms with van der Waals surface area (Å²) in [6, 6.07) is 17.9. The Morgan fingerprint density at radius 1 is 1.13 bits per heavy atom. The van der Waals surface area contributed by atoms with Crippen LogP contribution >= 0.6 is 0 Å². The SMILES string of the molecule is NC[C@@H]1CCN(C(=O)COc2ccccc2-c2ccccc2)C1. The number of amides is 1. The zero-order valence-electron chi connectivity index (χ0n) is 13.2. The van der Waals surface area contributed by atoms with Crippen LogP contribution in [0.3, 0.4) is 0 Å². The summed E-state index contributed by atoms with van der Waals surface area (Å²) in [6.45, 7) is 2.24. The first-order chi connectivity index (χ1) is 11.3. The lowest BCUT2D eigenvalue weighted by molar-refractivity contribution is -0.132. The lowest BCUT2D eigenvalue weighted by Crippen LogP contribution is -2.33. The van der Waals surface area contributed by atoms with Gasteiger partial charge >= 0.3 is 0 Å². The van der Waals surface area contributed by atoms with Crippen molar-refractivity contribution in [3.63, 3.8) is 0 Å². The van der Waals surface area contributed by atoms with Crippen LogP contribution in [-0.4, -0.2) is 37.0 Å². The van der Waals surface area contributed by atoms with Crippen molar-refractivity contribution in [2.45, 2.75) is 6.42 Å². The van der Waals surface area contributed by atoms with E-state index < -0.39 is 0 Å². The molecule has 0 saturated carbocycles. The molecular weight excluding hydrogens is 288 g/mol. The summed E-state index contributed by atoms with van der Waals surface area (Å²) in [5, 5.41) is 0. The smallest absolute Gasteiger partial charge is 0.260 e. The molecule has 2 N–H and O–H groups in total. The van der Waals surface area contributed by atoms with Gasteiger partial charge in [-0.3, -0.25) is 4.79 Å². The van der Waals surface area contributed by atoms with Crippen LogP contribution in [0.4, 0.5) is 0 Å². The quantitative estimate of drug-likeness (QED) is 0.923. The molecule has 1 amide bonds. The lowest BCUT2D eigenvalue weighted by atomic mass is 10.1. The Morgan fingerprint density at radius 3 is 2.61 bits per heavy atom. The summed E-state index contributed by atoms with van der Waals surface area (Å²) >= 11 is 0. The van der Waals surface area contributed by atoms with E-state index >= 15 is 0 Å². The Hall–Kier alpha value is -2.33. The molecule has 0 bridgehead atoms. The molecule has 0 aromatic heterocycles. The van der Waals surface area contributed by atoms with Crippen LogP contribution in [0, 0.1) is 5.92 Å². The molecule has 1 aliphatic heterocycles. The Kier molecular flexibility index (Phi) is 4.93. The molecule has 0 aliphatic carbocycles. The number of nitrogens with two attached hydrogens (primary N) is 1. The Bertz CT molecular complexity index is 657. The molecule has 1 saturated heterocycles. The topological polar surface area (TPSA) is 55.6 Å². The van der Waals surface area contributed by atoms with E-state index in [1.807, 2.05) is 59.5 Å². The van der Waals surface area contributed by atoms with E-state index in [1.165, 1.54) is 0 Å². The fourth-order valence-corrected chi connectivity index (χ4v) is 2.93. The van der Waals surface area contributed by atoms with Crippen molar-refractivity contribution in [3.05, 3.63) is 54.6 Å². The third-order valence-corrected chi connectivity index (χ3v) is 4.29. The molecule has 1 aliphatic rings. The van der Waals surface area contributed by atoms with Gasteiger partial charge in [0.25, 0.3) is 5.91 Å². The maximum atomic E-state index is 12.3. The van der Waals surface area contributed by atoms with Gasteiger partial charge in [-0.25, -0.2) is 0 Å². The molecule has 1 heterocycles. The number of rotatable bonds is 5. The molecule has 1 fully saturated rings. The van der Waals surface area contributed by atoms with E-state index in [0.717, 1.165) is 36.4 Å². The van der Waals surface area contributed by atoms with Crippen LogP contribution in [0.15, 0.2) is 54.6 Å². The van der Waals surface area contributed by atoms with Gasteiger partial charge < -0.3 is 15.4 Å². The minimum Gasteiger partial charge on any atom is -0.483 e. The van der Waals surface area contributed by atoms with Gasteiger partial charge in [-0.1, -0.05) is 48.5 Å². The van der Waals surface area contributed by atoms with Crippen molar-refractivity contribution >= 4 is 5.91 Å². The summed E-state index contributed by atoms with van der Waals surface area (Å²) in [7, 11) is 0. The summed E-state index contributed by atoms with van der Waals surface area (Å²) in [6.07, 6.45) is 0.989. The standard InChI is InChI=1S/C19H22N2O2/c20-12-15-10-11-21(13-15)19(22)14-23-18-9-5-4-8-17(18)16-6-2-1-3-7-16/h1-9,15H,10-14,20H2/t15-/m0/s1. The summed E-state index contributed by atoms with van der Waals surface area (Å²) in [5.41, 5.74) is 7.76. The number of hydrogen-bond donors (Lipinski definition) is 1. The number of likely N-dealkylation sites (tertiary alicyclic amines) is 1. The van der Waals surface area contributed by atoms with E-state index in [4.69, 9.17) is 10.5 Å². The van der Waals surface area contributed by atoms with Crippen molar-refractivity contribution in [3.8, 4) is 16.9 Å². The molecule has 120 valence electrons. The van der Waals surface area contributed by atoms with Crippen molar-refractivity contribution < 1.29 is 9.53 Å². The molecule has 1 atom stereocenters. The highest BCUT2D eigenvalue weighted by atomic mass is 16.5. The van der Waals surface area contributed by atoms with Gasteiger partial charge in [-0.2, -0.15) is 0 Å². The molecule has 3 rings (SSSR count). The van der Waals surface area contributed by atoms with Crippen molar-refractivity contribution in [1.29, 1.82) is 0 Å². The average Bonchev–Trinajstić information content (AvgIpc) is 3.10. The second-order valence-electron chi connectivity index (χ2n) is 5.88. The van der Waals surface area contributed by atoms with E-state index in [1.54, 1.807) is 0 Å². The van der Waals surface area contributed by atoms with Gasteiger partial charge in [-0.15, -0.1) is 0 Å². The van der Waals surface area contributed by atoms with Crippen molar-refractivity contribution in [2.75, 3.05) is 26.2 Å². The lowest BCUT2D eigenvalue weighted by Gasteiger charge is -2.17. The van der Waals surface area contributed by atoms with Gasteiger partial charge in [-0.05, 0) is 30.5 Å². The summed E-state index contributed by atoms with van der Waals surface area (Å²) < 4.78 is 5.81. The van der Waals surface area contributed by atoms with E-state index in [0.29, 0.717) is 12.5 Å². The molecule has 4 heteroatoms. The number of ether oxygens (including phenoxy) is 1. The van der Waals surface area contributed by atoms with Crippen LogP contribution in [0.1, 0.15) is 6.42 Å². The predicted molar refractivity (Wildman–Crippen MR) is 91.1 cm³/mol. The minimum atomic E-state index is 0.0313. The maximum absolute atomic E-state index is 12.3. The first kappa shape index (κ1) is 15.6. The molecule has 2 aromatic rings. The second kappa shape index (κ2) is 7.29. The third-order valence-electron chi connectivity index (χ3n) is 4.29. The third kappa shape index (κ3) is 3.71. The highest BCUT2D eigenvalue weighted by Crippen LogP contribution is 2.29. The molecule has 0 spiro atoms. The van der Waals surface area contributed by atoms with E-state index in [2.05, 4.69) is 0 Å². The number of nitrogens with zero attached hydrogens (tertiary/aromatic N) is 1. The van der Waals surface area contributed by atoms with Gasteiger partial charge in [0.1, 0.15) is 5.75 Å². The number of benzene rings is 2. The average molecular weight is 310 g/mol. The van der Waals surface area contributed by atoms with Gasteiger partial charge in [0.15, 0.2) is 6.61 Å². The fraction of sp³-hybridized carbons (Fsp3) is 0.316. The number of carbonyl (C=O) groups is 1. The van der Waals surface area contributed by atoms with Crippen molar-refractivity contribution in [1.82, 2.24) is 4.90 Å². The normalized spacial score (nSPS) is 17.3. The first-order valence-corrected chi connectivity index (χ1v) is 8.03. The molecule has 4 nitrogen and oxygen atoms in total. The van der Waals surface area contributed by atoms with Crippen molar-refractivity contribution in [2.24, 2.45) is 11.7 Å². The highest BCUT2D eigenvalue weighted by molar-refractivity contribution is 5.78. The molecule has 23 heavy (non-hydrogen) atoms. The largest absolute Gasteiger partial charge is 0.483 e. The monoisotopic (exact) mass is 310 g/mol. The zero-order chi connectivity index (χ0) is 16.1. The summed E-state index contributed by atoms with van der Waals surface area (Å²) in [5.74, 6) is 1.20. The number of carbonyl (C=O) groups excluding carboxylic acids is 1. The van der Waals surface area contributed by atoms with Crippen LogP contribution < -0.4 is 10.5 Å². The van der Waals surface area contributed by atoms with Crippen LogP contribution in [0.2, 0.25) is 0 Å². The van der Waals surface area contributed by atoms with Crippen LogP contribution in [0.25, 0.3) is 11.1 Å². The first-order valence-electron chi connectivity index (χ1n) is 8.03. The second-order valence-corrected chi connectivity index (χ2v) is 5.88. The molecular formula is C19H22N2O2. The van der Waals surface area contributed by atoms with Gasteiger partial charge in [0, 0.05) is 18.7 Å². The Labute approximate surface area is 136 Å². The molecule has 0 radical (unpaired) electrons. The van der Waals surface area contributed by atoms with Gasteiger partial charge in [0.2, 0.25) is 0 Å². The maximum Gasteiger partial charge on any atom is 0.260 e. The van der Waals surface area contributed by atoms with Gasteiger partial charge in [0.05, 0.1) is 0 Å². The Morgan fingerprint density at radius 2 is 1.87 bits per heavy atom. The zero-order valence-corrected chi connectivity index (χ0v) is 13.2. The summed E-state index contributed by atoms with van der Waals surface area (Å²) in [4.78, 5) is 14.1. The molecule has 2 aromatic carbocycles. The van der Waals surface area contributed by atoms with Crippen LogP contribution in [0.5, 0.6) is 5.75 Å². The number of para-hydroxylation sites is 1. The van der Waals surface area contributed by atoms with Crippen LogP contribution in [-0.2, 0) is 4.79 Å². The van der Waals surface area contributed by atoms with E-state index in [9.17, 15) is 4.79 Å². The fourth-order valence-electron chi connectivity index (χ4n) is 2.93.